The normalized spacial score (nSPS) is 19.1. The number of rotatable bonds is 5. The van der Waals surface area contributed by atoms with Gasteiger partial charge in [0.2, 0.25) is 5.95 Å². The Morgan fingerprint density at radius 1 is 1.43 bits per heavy atom. The molecule has 1 aliphatic heterocycles. The maximum atomic E-state index is 13.0. The SMILES string of the molecule is CCCNc1nc(N2CCCC2CO)cc(C(F)(F)F)n1. The number of alkyl halides is 3. The second kappa shape index (κ2) is 6.46. The van der Waals surface area contributed by atoms with Crippen molar-refractivity contribution >= 4 is 11.8 Å². The molecule has 5 nitrogen and oxygen atoms in total. The number of aromatic nitrogens is 2. The summed E-state index contributed by atoms with van der Waals surface area (Å²) in [4.78, 5) is 9.40. The van der Waals surface area contributed by atoms with Gasteiger partial charge in [-0.15, -0.1) is 0 Å². The first-order valence-corrected chi connectivity index (χ1v) is 7.03. The molecule has 0 aromatic carbocycles. The smallest absolute Gasteiger partial charge is 0.394 e. The third kappa shape index (κ3) is 3.75. The molecule has 1 aliphatic rings. The molecule has 1 atom stereocenters. The quantitative estimate of drug-likeness (QED) is 0.874. The first kappa shape index (κ1) is 15.8. The minimum atomic E-state index is -4.52. The Bertz CT molecular complexity index is 481. The van der Waals surface area contributed by atoms with E-state index in [2.05, 4.69) is 15.3 Å². The average Bonchev–Trinajstić information content (AvgIpc) is 2.92. The number of halogens is 3. The highest BCUT2D eigenvalue weighted by Gasteiger charge is 2.35. The van der Waals surface area contributed by atoms with Crippen molar-refractivity contribution in [1.82, 2.24) is 9.97 Å². The molecule has 1 aromatic heterocycles. The molecule has 2 heterocycles. The van der Waals surface area contributed by atoms with Crippen molar-refractivity contribution in [1.29, 1.82) is 0 Å². The van der Waals surface area contributed by atoms with Gasteiger partial charge in [0.15, 0.2) is 5.69 Å². The van der Waals surface area contributed by atoms with E-state index in [0.29, 0.717) is 13.1 Å². The van der Waals surface area contributed by atoms with Crippen molar-refractivity contribution in [3.05, 3.63) is 11.8 Å². The number of anilines is 2. The summed E-state index contributed by atoms with van der Waals surface area (Å²) in [5, 5.41) is 12.1. The van der Waals surface area contributed by atoms with Crippen LogP contribution in [0.1, 0.15) is 31.9 Å². The van der Waals surface area contributed by atoms with Crippen molar-refractivity contribution in [3.63, 3.8) is 0 Å². The van der Waals surface area contributed by atoms with Crippen LogP contribution in [0.5, 0.6) is 0 Å². The molecule has 0 bridgehead atoms. The van der Waals surface area contributed by atoms with E-state index in [0.717, 1.165) is 25.3 Å². The summed E-state index contributed by atoms with van der Waals surface area (Å²) in [6, 6.07) is 0.769. The molecule has 1 aromatic rings. The minimum absolute atomic E-state index is 0.0229. The van der Waals surface area contributed by atoms with Crippen LogP contribution in [0.3, 0.4) is 0 Å². The number of nitrogens with zero attached hydrogens (tertiary/aromatic N) is 3. The monoisotopic (exact) mass is 304 g/mol. The number of aliphatic hydroxyl groups is 1. The molecule has 1 unspecified atom stereocenters. The Kier molecular flexibility index (Phi) is 4.87. The van der Waals surface area contributed by atoms with Crippen LogP contribution < -0.4 is 10.2 Å². The second-order valence-corrected chi connectivity index (χ2v) is 5.03. The highest BCUT2D eigenvalue weighted by atomic mass is 19.4. The first-order valence-electron chi connectivity index (χ1n) is 7.03. The lowest BCUT2D eigenvalue weighted by atomic mass is 10.2. The first-order chi connectivity index (χ1) is 9.95. The average molecular weight is 304 g/mol. The Balaban J connectivity index is 2.35. The molecule has 0 amide bonds. The molecular formula is C13H19F3N4O. The summed E-state index contributed by atoms with van der Waals surface area (Å²) in [7, 11) is 0. The zero-order chi connectivity index (χ0) is 15.5. The molecule has 0 spiro atoms. The summed E-state index contributed by atoms with van der Waals surface area (Å²) in [6.07, 6.45) is -2.18. The highest BCUT2D eigenvalue weighted by molar-refractivity contribution is 5.47. The van der Waals surface area contributed by atoms with Crippen LogP contribution in [0.25, 0.3) is 0 Å². The van der Waals surface area contributed by atoms with Gasteiger partial charge in [-0.3, -0.25) is 0 Å². The van der Waals surface area contributed by atoms with E-state index in [1.807, 2.05) is 6.92 Å². The fraction of sp³-hybridized carbons (Fsp3) is 0.692. The van der Waals surface area contributed by atoms with Gasteiger partial charge in [0, 0.05) is 19.2 Å². The number of nitrogens with one attached hydrogen (secondary N) is 1. The Hall–Kier alpha value is -1.57. The number of hydrogen-bond donors (Lipinski definition) is 2. The van der Waals surface area contributed by atoms with Crippen molar-refractivity contribution < 1.29 is 18.3 Å². The van der Waals surface area contributed by atoms with Crippen molar-refractivity contribution in [2.45, 2.75) is 38.4 Å². The Morgan fingerprint density at radius 3 is 2.81 bits per heavy atom. The van der Waals surface area contributed by atoms with Crippen LogP contribution >= 0.6 is 0 Å². The minimum Gasteiger partial charge on any atom is -0.394 e. The zero-order valence-electron chi connectivity index (χ0n) is 11.8. The fourth-order valence-electron chi connectivity index (χ4n) is 2.37. The molecule has 118 valence electrons. The van der Waals surface area contributed by atoms with Gasteiger partial charge in [0.05, 0.1) is 12.6 Å². The summed E-state index contributed by atoms with van der Waals surface area (Å²) in [6.45, 7) is 2.91. The molecule has 2 N–H and O–H groups in total. The molecular weight excluding hydrogens is 285 g/mol. The van der Waals surface area contributed by atoms with Crippen molar-refractivity contribution in [3.8, 4) is 0 Å². The van der Waals surface area contributed by atoms with Crippen LogP contribution in [-0.2, 0) is 6.18 Å². The van der Waals surface area contributed by atoms with Gasteiger partial charge in [0.1, 0.15) is 5.82 Å². The molecule has 1 saturated heterocycles. The van der Waals surface area contributed by atoms with E-state index in [-0.39, 0.29) is 24.4 Å². The lowest BCUT2D eigenvalue weighted by Crippen LogP contribution is -2.33. The maximum Gasteiger partial charge on any atom is 0.433 e. The van der Waals surface area contributed by atoms with E-state index >= 15 is 0 Å². The summed E-state index contributed by atoms with van der Waals surface area (Å²) in [5.41, 5.74) is -0.963. The topological polar surface area (TPSA) is 61.3 Å². The van der Waals surface area contributed by atoms with Gasteiger partial charge in [-0.1, -0.05) is 6.92 Å². The highest BCUT2D eigenvalue weighted by Crippen LogP contribution is 2.32. The van der Waals surface area contributed by atoms with Gasteiger partial charge in [0.25, 0.3) is 0 Å². The number of hydrogen-bond acceptors (Lipinski definition) is 5. The van der Waals surface area contributed by atoms with Gasteiger partial charge in [-0.25, -0.2) is 4.98 Å². The van der Waals surface area contributed by atoms with Gasteiger partial charge in [-0.2, -0.15) is 18.2 Å². The third-order valence-electron chi connectivity index (χ3n) is 3.42. The Labute approximate surface area is 121 Å². The van der Waals surface area contributed by atoms with Crippen LogP contribution in [0.4, 0.5) is 24.9 Å². The maximum absolute atomic E-state index is 13.0. The van der Waals surface area contributed by atoms with Gasteiger partial charge in [-0.05, 0) is 19.3 Å². The molecule has 8 heteroatoms. The van der Waals surface area contributed by atoms with E-state index in [9.17, 15) is 18.3 Å². The van der Waals surface area contributed by atoms with Crippen molar-refractivity contribution in [2.75, 3.05) is 29.9 Å². The predicted octanol–water partition coefficient (Wildman–Crippen LogP) is 2.28. The standard InChI is InChI=1S/C13H19F3N4O/c1-2-5-17-12-18-10(13(14,15)16)7-11(19-12)20-6-3-4-9(20)8-21/h7,9,21H,2-6,8H2,1H3,(H,17,18,19). The molecule has 0 aliphatic carbocycles. The zero-order valence-corrected chi connectivity index (χ0v) is 11.8. The molecule has 0 saturated carbocycles. The molecule has 2 rings (SSSR count). The lowest BCUT2D eigenvalue weighted by Gasteiger charge is -2.25. The van der Waals surface area contributed by atoms with Crippen LogP contribution in [0.2, 0.25) is 0 Å². The summed E-state index contributed by atoms with van der Waals surface area (Å²) >= 11 is 0. The summed E-state index contributed by atoms with van der Waals surface area (Å²) in [5.74, 6) is 0.192. The van der Waals surface area contributed by atoms with E-state index in [1.165, 1.54) is 0 Å². The second-order valence-electron chi connectivity index (χ2n) is 5.03. The van der Waals surface area contributed by atoms with E-state index in [1.54, 1.807) is 4.90 Å². The summed E-state index contributed by atoms with van der Waals surface area (Å²) < 4.78 is 38.9. The largest absolute Gasteiger partial charge is 0.433 e. The lowest BCUT2D eigenvalue weighted by molar-refractivity contribution is -0.141. The van der Waals surface area contributed by atoms with Gasteiger partial charge >= 0.3 is 6.18 Å². The van der Waals surface area contributed by atoms with E-state index < -0.39 is 11.9 Å². The third-order valence-corrected chi connectivity index (χ3v) is 3.42. The van der Waals surface area contributed by atoms with Crippen LogP contribution in [-0.4, -0.2) is 40.8 Å². The van der Waals surface area contributed by atoms with Gasteiger partial charge < -0.3 is 15.3 Å². The van der Waals surface area contributed by atoms with Crippen LogP contribution in [0, 0.1) is 0 Å². The van der Waals surface area contributed by atoms with Crippen LogP contribution in [0.15, 0.2) is 6.07 Å². The predicted molar refractivity (Wildman–Crippen MR) is 73.3 cm³/mol. The molecule has 21 heavy (non-hydrogen) atoms. The van der Waals surface area contributed by atoms with E-state index in [4.69, 9.17) is 0 Å². The number of aliphatic hydroxyl groups excluding tert-OH is 1. The Morgan fingerprint density at radius 2 is 2.19 bits per heavy atom. The van der Waals surface area contributed by atoms with Crippen molar-refractivity contribution in [2.24, 2.45) is 0 Å². The molecule has 0 radical (unpaired) electrons. The molecule has 1 fully saturated rings. The fourth-order valence-corrected chi connectivity index (χ4v) is 2.37.